The van der Waals surface area contributed by atoms with Crippen LogP contribution in [0.2, 0.25) is 0 Å². The van der Waals surface area contributed by atoms with Crippen LogP contribution in [0.25, 0.3) is 15.7 Å². The Morgan fingerprint density at radius 3 is 3.00 bits per heavy atom. The Kier molecular flexibility index (Phi) is 2.44. The van der Waals surface area contributed by atoms with Gasteiger partial charge in [-0.2, -0.15) is 0 Å². The summed E-state index contributed by atoms with van der Waals surface area (Å²) in [5, 5.41) is 1.11. The van der Waals surface area contributed by atoms with E-state index in [1.165, 1.54) is 5.56 Å². The molecule has 0 spiro atoms. The van der Waals surface area contributed by atoms with Crippen molar-refractivity contribution in [2.75, 3.05) is 0 Å². The molecule has 3 N–H and O–H groups in total. The number of nitrogens with one attached hydrogen (secondary N) is 1. The summed E-state index contributed by atoms with van der Waals surface area (Å²) in [5.41, 5.74) is 8.70. The van der Waals surface area contributed by atoms with Gasteiger partial charge in [-0.05, 0) is 36.4 Å². The number of nitrogens with two attached hydrogens (primary N) is 1. The molecule has 0 amide bonds. The Hall–Kier alpha value is -1.79. The highest BCUT2D eigenvalue weighted by atomic mass is 14.7. The third-order valence-corrected chi connectivity index (χ3v) is 2.42. The number of aromatic amines is 1. The Balaban J connectivity index is 2.52. The normalized spacial score (nSPS) is 12.6. The Morgan fingerprint density at radius 1 is 1.53 bits per heavy atom. The number of hydrogen-bond acceptors (Lipinski definition) is 1. The molecule has 2 rings (SSSR count). The number of benzene rings is 1. The molecule has 0 aliphatic heterocycles. The van der Waals surface area contributed by atoms with Gasteiger partial charge in [0, 0.05) is 17.8 Å². The van der Waals surface area contributed by atoms with E-state index in [2.05, 4.69) is 9.83 Å². The second-order valence-electron chi connectivity index (χ2n) is 3.84. The molecule has 1 aromatic carbocycles. The van der Waals surface area contributed by atoms with Gasteiger partial charge in [0.2, 0.25) is 0 Å². The van der Waals surface area contributed by atoms with E-state index in [4.69, 9.17) is 12.3 Å². The minimum Gasteiger partial charge on any atom is -0.361 e. The molecule has 0 aliphatic rings. The van der Waals surface area contributed by atoms with Gasteiger partial charge in [-0.3, -0.25) is 0 Å². The second kappa shape index (κ2) is 3.76. The largest absolute Gasteiger partial charge is 0.361 e. The molecule has 0 saturated carbocycles. The summed E-state index contributed by atoms with van der Waals surface area (Å²) < 4.78 is 0. The highest BCUT2D eigenvalue weighted by Gasteiger charge is 2.06. The average molecular weight is 199 g/mol. The van der Waals surface area contributed by atoms with Crippen molar-refractivity contribution in [1.29, 1.82) is 0 Å². The van der Waals surface area contributed by atoms with Crippen LogP contribution in [0.1, 0.15) is 12.5 Å². The highest BCUT2D eigenvalue weighted by Crippen LogP contribution is 2.24. The maximum Gasteiger partial charge on any atom is 0.187 e. The zero-order valence-electron chi connectivity index (χ0n) is 8.62. The van der Waals surface area contributed by atoms with Crippen molar-refractivity contribution in [3.63, 3.8) is 0 Å². The number of rotatable bonds is 2. The van der Waals surface area contributed by atoms with Gasteiger partial charge in [0.15, 0.2) is 5.69 Å². The van der Waals surface area contributed by atoms with Crippen molar-refractivity contribution in [2.45, 2.75) is 19.4 Å². The van der Waals surface area contributed by atoms with Crippen LogP contribution in [0.3, 0.4) is 0 Å². The van der Waals surface area contributed by atoms with Gasteiger partial charge in [-0.1, -0.05) is 6.07 Å². The Morgan fingerprint density at radius 2 is 2.33 bits per heavy atom. The van der Waals surface area contributed by atoms with E-state index in [0.29, 0.717) is 5.69 Å². The van der Waals surface area contributed by atoms with E-state index < -0.39 is 0 Å². The predicted octanol–water partition coefficient (Wildman–Crippen LogP) is 2.61. The maximum absolute atomic E-state index is 6.97. The van der Waals surface area contributed by atoms with Crippen LogP contribution in [-0.4, -0.2) is 11.0 Å². The maximum atomic E-state index is 6.97. The monoisotopic (exact) mass is 199 g/mol. The van der Waals surface area contributed by atoms with Crippen molar-refractivity contribution in [3.8, 4) is 0 Å². The average Bonchev–Trinajstić information content (AvgIpc) is 2.60. The molecular weight excluding hydrogens is 186 g/mol. The van der Waals surface area contributed by atoms with Crippen LogP contribution in [-0.2, 0) is 6.42 Å². The molecule has 2 aromatic rings. The molecule has 0 radical (unpaired) electrons. The fourth-order valence-corrected chi connectivity index (χ4v) is 1.75. The van der Waals surface area contributed by atoms with Crippen LogP contribution < -0.4 is 5.73 Å². The highest BCUT2D eigenvalue weighted by molar-refractivity contribution is 5.86. The first-order chi connectivity index (χ1) is 7.20. The zero-order valence-corrected chi connectivity index (χ0v) is 8.62. The fraction of sp³-hybridized carbons (Fsp3) is 0.250. The van der Waals surface area contributed by atoms with E-state index in [9.17, 15) is 0 Å². The predicted molar refractivity (Wildman–Crippen MR) is 61.9 cm³/mol. The Labute approximate surface area is 88.7 Å². The van der Waals surface area contributed by atoms with Gasteiger partial charge in [0.05, 0.1) is 6.57 Å². The third kappa shape index (κ3) is 1.85. The summed E-state index contributed by atoms with van der Waals surface area (Å²) in [5.74, 6) is 0. The molecule has 3 nitrogen and oxygen atoms in total. The number of fused-ring (bicyclic) bond motifs is 1. The molecule has 0 aliphatic carbocycles. The first-order valence-corrected chi connectivity index (χ1v) is 4.94. The molecule has 0 fully saturated rings. The summed E-state index contributed by atoms with van der Waals surface area (Å²) in [7, 11) is 0. The van der Waals surface area contributed by atoms with Gasteiger partial charge >= 0.3 is 0 Å². The Bertz CT molecular complexity index is 517. The van der Waals surface area contributed by atoms with Gasteiger partial charge in [0.25, 0.3) is 0 Å². The molecule has 1 heterocycles. The summed E-state index contributed by atoms with van der Waals surface area (Å²) in [6, 6.07) is 5.81. The lowest BCUT2D eigenvalue weighted by Gasteiger charge is -2.03. The summed E-state index contributed by atoms with van der Waals surface area (Å²) in [4.78, 5) is 6.61. The number of hydrogen-bond donors (Lipinski definition) is 2. The van der Waals surface area contributed by atoms with Crippen molar-refractivity contribution in [1.82, 2.24) is 4.98 Å². The van der Waals surface area contributed by atoms with Crippen LogP contribution in [0.5, 0.6) is 0 Å². The van der Waals surface area contributed by atoms with E-state index in [0.717, 1.165) is 17.3 Å². The summed E-state index contributed by atoms with van der Waals surface area (Å²) in [6.45, 7) is 8.96. The van der Waals surface area contributed by atoms with E-state index in [1.807, 2.05) is 31.3 Å². The first kappa shape index (κ1) is 9.75. The molecule has 1 atom stereocenters. The topological polar surface area (TPSA) is 46.2 Å². The number of aromatic nitrogens is 1. The van der Waals surface area contributed by atoms with E-state index >= 15 is 0 Å². The lowest BCUT2D eigenvalue weighted by Crippen LogP contribution is -2.17. The first-order valence-electron chi connectivity index (χ1n) is 4.94. The fourth-order valence-electron chi connectivity index (χ4n) is 1.75. The second-order valence-corrected chi connectivity index (χ2v) is 3.84. The van der Waals surface area contributed by atoms with Crippen LogP contribution in [0, 0.1) is 6.57 Å². The van der Waals surface area contributed by atoms with E-state index in [-0.39, 0.29) is 6.04 Å². The van der Waals surface area contributed by atoms with Gasteiger partial charge < -0.3 is 10.7 Å². The molecule has 0 bridgehead atoms. The van der Waals surface area contributed by atoms with Crippen molar-refractivity contribution >= 4 is 16.6 Å². The van der Waals surface area contributed by atoms with Gasteiger partial charge in [0.1, 0.15) is 0 Å². The number of nitrogens with zero attached hydrogens (tertiary/aromatic N) is 1. The molecule has 3 heteroatoms. The third-order valence-electron chi connectivity index (χ3n) is 2.42. The van der Waals surface area contributed by atoms with Gasteiger partial charge in [-0.25, -0.2) is 4.85 Å². The SMILES string of the molecule is [C-]#[N+]c1ccc2[nH]cc(C[C@H](C)N)c2c1. The lowest BCUT2D eigenvalue weighted by atomic mass is 10.1. The minimum atomic E-state index is 0.139. The molecule has 0 unspecified atom stereocenters. The van der Waals surface area contributed by atoms with Crippen molar-refractivity contribution < 1.29 is 0 Å². The summed E-state index contributed by atoms with van der Waals surface area (Å²) in [6.07, 6.45) is 2.81. The molecular formula is C12H13N3. The van der Waals surface area contributed by atoms with Crippen LogP contribution in [0.4, 0.5) is 5.69 Å². The quantitative estimate of drug-likeness (QED) is 0.717. The molecule has 15 heavy (non-hydrogen) atoms. The standard InChI is InChI=1S/C12H13N3/c1-8(13)5-9-7-15-12-4-3-10(14-2)6-11(9)12/h3-4,6-8,15H,5,13H2,1H3/t8-/m0/s1. The van der Waals surface area contributed by atoms with Crippen molar-refractivity contribution in [2.24, 2.45) is 5.73 Å². The van der Waals surface area contributed by atoms with Crippen LogP contribution >= 0.6 is 0 Å². The van der Waals surface area contributed by atoms with Crippen LogP contribution in [0.15, 0.2) is 24.4 Å². The van der Waals surface area contributed by atoms with Gasteiger partial charge in [-0.15, -0.1) is 0 Å². The molecule has 1 aromatic heterocycles. The van der Waals surface area contributed by atoms with Crippen molar-refractivity contribution in [3.05, 3.63) is 41.4 Å². The smallest absolute Gasteiger partial charge is 0.187 e. The number of H-pyrrole nitrogens is 1. The molecule has 76 valence electrons. The lowest BCUT2D eigenvalue weighted by molar-refractivity contribution is 0.741. The van der Waals surface area contributed by atoms with E-state index in [1.54, 1.807) is 0 Å². The minimum absolute atomic E-state index is 0.139. The molecule has 0 saturated heterocycles. The summed E-state index contributed by atoms with van der Waals surface area (Å²) >= 11 is 0. The zero-order chi connectivity index (χ0) is 10.8.